The first-order valence-electron chi connectivity index (χ1n) is 8.06. The number of aryl methyl sites for hydroxylation is 1. The van der Waals surface area contributed by atoms with Crippen molar-refractivity contribution in [3.05, 3.63) is 20.8 Å². The van der Waals surface area contributed by atoms with Crippen molar-refractivity contribution in [2.45, 2.75) is 19.8 Å². The Morgan fingerprint density at radius 2 is 1.92 bits per heavy atom. The summed E-state index contributed by atoms with van der Waals surface area (Å²) in [6, 6.07) is 0. The fraction of sp³-hybridized carbons (Fsp3) is 0.600. The second-order valence-electron chi connectivity index (χ2n) is 6.04. The van der Waals surface area contributed by atoms with Gasteiger partial charge < -0.3 is 4.74 Å². The lowest BCUT2D eigenvalue weighted by Gasteiger charge is -2.27. The van der Waals surface area contributed by atoms with Crippen molar-refractivity contribution < 1.29 is 14.5 Å². The molecule has 0 atom stereocenters. The number of carbonyl (C=O) groups is 1. The van der Waals surface area contributed by atoms with E-state index in [1.807, 2.05) is 4.90 Å². The van der Waals surface area contributed by atoms with E-state index in [2.05, 4.69) is 9.97 Å². The first-order chi connectivity index (χ1) is 11.4. The van der Waals surface area contributed by atoms with Gasteiger partial charge in [-0.1, -0.05) is 0 Å². The number of piperidine rings is 1. The molecule has 3 rings (SSSR count). The molecule has 0 unspecified atom stereocenters. The molecular weight excluding hydrogens is 314 g/mol. The SMILES string of the molecule is CCOC(=O)C1CCN(c2[nH]c3c(=O)n(C)c(=O)n(C)c3[nH+]2)CC1. The van der Waals surface area contributed by atoms with Crippen LogP contribution in [0.25, 0.3) is 11.2 Å². The second kappa shape index (κ2) is 6.14. The first kappa shape index (κ1) is 16.3. The summed E-state index contributed by atoms with van der Waals surface area (Å²) in [7, 11) is 3.07. The van der Waals surface area contributed by atoms with E-state index in [9.17, 15) is 14.4 Å². The van der Waals surface area contributed by atoms with Gasteiger partial charge in [0.15, 0.2) is 0 Å². The third-order valence-electron chi connectivity index (χ3n) is 4.58. The monoisotopic (exact) mass is 336 g/mol. The normalized spacial score (nSPS) is 15.9. The summed E-state index contributed by atoms with van der Waals surface area (Å²) in [5.41, 5.74) is 0.0834. The predicted octanol–water partition coefficient (Wildman–Crippen LogP) is -0.841. The van der Waals surface area contributed by atoms with Crippen LogP contribution in [0.1, 0.15) is 19.8 Å². The number of carbonyl (C=O) groups excluding carboxylic acids is 1. The Balaban J connectivity index is 1.86. The van der Waals surface area contributed by atoms with E-state index in [-0.39, 0.29) is 23.1 Å². The van der Waals surface area contributed by atoms with Crippen LogP contribution in [0.5, 0.6) is 0 Å². The van der Waals surface area contributed by atoms with E-state index in [1.165, 1.54) is 11.6 Å². The lowest BCUT2D eigenvalue weighted by atomic mass is 9.97. The van der Waals surface area contributed by atoms with Crippen LogP contribution >= 0.6 is 0 Å². The Morgan fingerprint density at radius 3 is 2.54 bits per heavy atom. The minimum Gasteiger partial charge on any atom is -0.466 e. The molecule has 24 heavy (non-hydrogen) atoms. The minimum atomic E-state index is -0.379. The molecular formula is C15H22N5O4+. The molecule has 1 aliphatic rings. The van der Waals surface area contributed by atoms with Crippen molar-refractivity contribution in [2.24, 2.45) is 20.0 Å². The predicted molar refractivity (Wildman–Crippen MR) is 86.9 cm³/mol. The summed E-state index contributed by atoms with van der Waals surface area (Å²) in [4.78, 5) is 44.3. The Bertz CT molecular complexity index is 886. The summed E-state index contributed by atoms with van der Waals surface area (Å²) < 4.78 is 7.55. The zero-order valence-corrected chi connectivity index (χ0v) is 14.1. The second-order valence-corrected chi connectivity index (χ2v) is 6.04. The van der Waals surface area contributed by atoms with E-state index in [1.54, 1.807) is 14.0 Å². The lowest BCUT2D eigenvalue weighted by Crippen LogP contribution is -2.40. The smallest absolute Gasteiger partial charge is 0.374 e. The van der Waals surface area contributed by atoms with Gasteiger partial charge in [-0.05, 0) is 19.8 Å². The van der Waals surface area contributed by atoms with E-state index in [0.717, 1.165) is 4.57 Å². The van der Waals surface area contributed by atoms with Crippen molar-refractivity contribution in [1.29, 1.82) is 0 Å². The van der Waals surface area contributed by atoms with Gasteiger partial charge in [-0.2, -0.15) is 0 Å². The largest absolute Gasteiger partial charge is 0.466 e. The summed E-state index contributed by atoms with van der Waals surface area (Å²) in [6.07, 6.45) is 1.39. The number of aromatic amines is 2. The number of esters is 1. The number of aromatic nitrogens is 4. The van der Waals surface area contributed by atoms with Crippen LogP contribution in [0, 0.1) is 5.92 Å². The standard InChI is InChI=1S/C15H21N5O4/c1-4-24-13(22)9-5-7-20(8-6-9)14-16-10-11(17-14)18(2)15(23)19(3)12(10)21/h9H,4-8H2,1-3H3,(H,16,17)/p+1. The molecule has 1 saturated heterocycles. The third kappa shape index (κ3) is 2.59. The Labute approximate surface area is 137 Å². The fourth-order valence-corrected chi connectivity index (χ4v) is 3.12. The fourth-order valence-electron chi connectivity index (χ4n) is 3.12. The van der Waals surface area contributed by atoms with Crippen LogP contribution < -0.4 is 21.1 Å². The first-order valence-corrected chi connectivity index (χ1v) is 8.06. The van der Waals surface area contributed by atoms with Crippen LogP contribution in [0.4, 0.5) is 5.95 Å². The van der Waals surface area contributed by atoms with Gasteiger partial charge in [0.25, 0.3) is 5.56 Å². The molecule has 1 fully saturated rings. The summed E-state index contributed by atoms with van der Waals surface area (Å²) in [6.45, 7) is 3.53. The van der Waals surface area contributed by atoms with Gasteiger partial charge in [0, 0.05) is 7.05 Å². The molecule has 2 N–H and O–H groups in total. The molecule has 2 aromatic rings. The number of nitrogens with zero attached hydrogens (tertiary/aromatic N) is 3. The van der Waals surface area contributed by atoms with E-state index in [0.29, 0.717) is 49.7 Å². The number of fused-ring (bicyclic) bond motifs is 1. The van der Waals surface area contributed by atoms with Gasteiger partial charge in [-0.25, -0.2) is 14.3 Å². The zero-order valence-electron chi connectivity index (χ0n) is 14.1. The molecule has 0 saturated carbocycles. The van der Waals surface area contributed by atoms with Gasteiger partial charge in [0.2, 0.25) is 11.2 Å². The lowest BCUT2D eigenvalue weighted by molar-refractivity contribution is -0.335. The highest BCUT2D eigenvalue weighted by Gasteiger charge is 2.30. The number of hydrogen-bond acceptors (Lipinski definition) is 5. The van der Waals surface area contributed by atoms with Crippen molar-refractivity contribution in [3.63, 3.8) is 0 Å². The topological polar surface area (TPSA) is 103 Å². The molecule has 2 aromatic heterocycles. The molecule has 130 valence electrons. The molecule has 0 bridgehead atoms. The number of nitrogens with one attached hydrogen (secondary N) is 2. The molecule has 9 heteroatoms. The van der Waals surface area contributed by atoms with Crippen molar-refractivity contribution in [2.75, 3.05) is 24.6 Å². The quantitative estimate of drug-likeness (QED) is 0.736. The van der Waals surface area contributed by atoms with Gasteiger partial charge in [0.05, 0.1) is 32.7 Å². The molecule has 0 amide bonds. The van der Waals surface area contributed by atoms with Gasteiger partial charge in [-0.15, -0.1) is 0 Å². The highest BCUT2D eigenvalue weighted by Crippen LogP contribution is 2.21. The van der Waals surface area contributed by atoms with Crippen molar-refractivity contribution in [3.8, 4) is 0 Å². The maximum Gasteiger partial charge on any atom is 0.374 e. The number of imidazole rings is 1. The van der Waals surface area contributed by atoms with Crippen LogP contribution in [0.3, 0.4) is 0 Å². The zero-order chi connectivity index (χ0) is 17.4. The molecule has 3 heterocycles. The molecule has 0 aromatic carbocycles. The van der Waals surface area contributed by atoms with Gasteiger partial charge in [0.1, 0.15) is 0 Å². The number of hydrogen-bond donors (Lipinski definition) is 1. The maximum atomic E-state index is 12.2. The molecule has 0 aliphatic carbocycles. The van der Waals surface area contributed by atoms with Crippen molar-refractivity contribution >= 4 is 23.1 Å². The molecule has 9 nitrogen and oxygen atoms in total. The van der Waals surface area contributed by atoms with E-state index < -0.39 is 0 Å². The summed E-state index contributed by atoms with van der Waals surface area (Å²) in [5, 5.41) is 0. The Hall–Kier alpha value is -2.58. The molecule has 1 aliphatic heterocycles. The van der Waals surface area contributed by atoms with Crippen molar-refractivity contribution in [1.82, 2.24) is 14.1 Å². The van der Waals surface area contributed by atoms with E-state index >= 15 is 0 Å². The molecule has 0 spiro atoms. The summed E-state index contributed by atoms with van der Waals surface area (Å²) in [5.74, 6) is 0.447. The number of rotatable bonds is 3. The molecule has 0 radical (unpaired) electrons. The minimum absolute atomic E-state index is 0.0807. The number of ether oxygens (including phenoxy) is 1. The Kier molecular flexibility index (Phi) is 4.16. The Morgan fingerprint density at radius 1 is 1.25 bits per heavy atom. The third-order valence-corrected chi connectivity index (χ3v) is 4.58. The van der Waals surface area contributed by atoms with Crippen LogP contribution in [0.2, 0.25) is 0 Å². The van der Waals surface area contributed by atoms with Gasteiger partial charge >= 0.3 is 17.6 Å². The number of H-pyrrole nitrogens is 2. The van der Waals surface area contributed by atoms with Crippen LogP contribution in [0.15, 0.2) is 9.59 Å². The average molecular weight is 336 g/mol. The maximum absolute atomic E-state index is 12.2. The highest BCUT2D eigenvalue weighted by molar-refractivity contribution is 5.73. The number of anilines is 1. The van der Waals surface area contributed by atoms with E-state index in [4.69, 9.17) is 4.74 Å². The van der Waals surface area contributed by atoms with Crippen LogP contribution in [-0.4, -0.2) is 39.8 Å². The van der Waals surface area contributed by atoms with Crippen LogP contribution in [-0.2, 0) is 23.6 Å². The average Bonchev–Trinajstić information content (AvgIpc) is 3.04. The summed E-state index contributed by atoms with van der Waals surface area (Å²) >= 11 is 0. The highest BCUT2D eigenvalue weighted by atomic mass is 16.5. The van der Waals surface area contributed by atoms with Gasteiger partial charge in [-0.3, -0.25) is 24.0 Å².